The predicted octanol–water partition coefficient (Wildman–Crippen LogP) is 0.989. The van der Waals surface area contributed by atoms with Crippen LogP contribution in [0.1, 0.15) is 26.7 Å². The van der Waals surface area contributed by atoms with E-state index >= 15 is 0 Å². The number of ether oxygens (including phenoxy) is 1. The molecular weight excluding hydrogens is 214 g/mol. The largest absolute Gasteiger partial charge is 0.379 e. The van der Waals surface area contributed by atoms with Gasteiger partial charge in [-0.05, 0) is 32.2 Å². The van der Waals surface area contributed by atoms with Crippen LogP contribution in [0.4, 0.5) is 0 Å². The first-order valence-electron chi connectivity index (χ1n) is 6.70. The molecule has 1 saturated heterocycles. The molecule has 2 atom stereocenters. The van der Waals surface area contributed by atoms with Gasteiger partial charge in [-0.25, -0.2) is 0 Å². The van der Waals surface area contributed by atoms with Crippen LogP contribution in [0, 0.1) is 17.2 Å². The van der Waals surface area contributed by atoms with Crippen molar-refractivity contribution in [1.82, 2.24) is 10.2 Å². The number of rotatable bonds is 5. The van der Waals surface area contributed by atoms with Gasteiger partial charge in [-0.2, -0.15) is 5.26 Å². The van der Waals surface area contributed by atoms with E-state index in [1.54, 1.807) is 0 Å². The van der Waals surface area contributed by atoms with Gasteiger partial charge in [0.15, 0.2) is 0 Å². The van der Waals surface area contributed by atoms with Gasteiger partial charge in [0, 0.05) is 19.1 Å². The molecule has 1 heterocycles. The fourth-order valence-corrected chi connectivity index (χ4v) is 2.70. The van der Waals surface area contributed by atoms with E-state index < -0.39 is 0 Å². The van der Waals surface area contributed by atoms with E-state index in [2.05, 4.69) is 30.1 Å². The maximum Gasteiger partial charge on any atom is 0.122 e. The molecular formula is C13H23N3O. The summed E-state index contributed by atoms with van der Waals surface area (Å²) in [6, 6.07) is 2.98. The third kappa shape index (κ3) is 2.79. The second-order valence-electron chi connectivity index (χ2n) is 5.28. The Morgan fingerprint density at radius 3 is 2.82 bits per heavy atom. The number of hydrogen-bond acceptors (Lipinski definition) is 4. The molecule has 0 aromatic carbocycles. The average Bonchev–Trinajstić information content (AvgIpc) is 3.15. The predicted molar refractivity (Wildman–Crippen MR) is 66.6 cm³/mol. The molecule has 17 heavy (non-hydrogen) atoms. The first kappa shape index (κ1) is 12.8. The molecule has 0 bridgehead atoms. The Kier molecular flexibility index (Phi) is 4.03. The topological polar surface area (TPSA) is 48.3 Å². The molecule has 1 N–H and O–H groups in total. The van der Waals surface area contributed by atoms with Crippen molar-refractivity contribution in [3.63, 3.8) is 0 Å². The minimum absolute atomic E-state index is 0.333. The van der Waals surface area contributed by atoms with Gasteiger partial charge >= 0.3 is 0 Å². The van der Waals surface area contributed by atoms with E-state index in [0.29, 0.717) is 12.0 Å². The minimum atomic E-state index is -0.333. The van der Waals surface area contributed by atoms with Crippen molar-refractivity contribution >= 4 is 0 Å². The van der Waals surface area contributed by atoms with Crippen LogP contribution < -0.4 is 5.32 Å². The molecule has 1 saturated carbocycles. The zero-order valence-corrected chi connectivity index (χ0v) is 10.9. The van der Waals surface area contributed by atoms with E-state index in [1.807, 2.05) is 0 Å². The first-order valence-corrected chi connectivity index (χ1v) is 6.70. The third-order valence-corrected chi connectivity index (χ3v) is 3.92. The van der Waals surface area contributed by atoms with Crippen molar-refractivity contribution in [2.24, 2.45) is 5.92 Å². The molecule has 0 aromatic rings. The van der Waals surface area contributed by atoms with E-state index in [1.165, 1.54) is 12.8 Å². The Morgan fingerprint density at radius 2 is 2.29 bits per heavy atom. The van der Waals surface area contributed by atoms with E-state index in [0.717, 1.165) is 32.8 Å². The van der Waals surface area contributed by atoms with Crippen LogP contribution in [0.25, 0.3) is 0 Å². The summed E-state index contributed by atoms with van der Waals surface area (Å²) in [5.41, 5.74) is -0.333. The van der Waals surface area contributed by atoms with Crippen LogP contribution in [-0.4, -0.2) is 49.3 Å². The highest BCUT2D eigenvalue weighted by Gasteiger charge is 2.46. The third-order valence-electron chi connectivity index (χ3n) is 3.92. The lowest BCUT2D eigenvalue weighted by Crippen LogP contribution is -2.58. The Balaban J connectivity index is 2.03. The summed E-state index contributed by atoms with van der Waals surface area (Å²) in [7, 11) is 0. The van der Waals surface area contributed by atoms with Gasteiger partial charge in [0.05, 0.1) is 19.3 Å². The van der Waals surface area contributed by atoms with Gasteiger partial charge in [0.25, 0.3) is 0 Å². The zero-order valence-electron chi connectivity index (χ0n) is 10.9. The normalized spacial score (nSPS) is 29.6. The summed E-state index contributed by atoms with van der Waals surface area (Å²) in [5.74, 6) is 0.544. The Morgan fingerprint density at radius 1 is 1.53 bits per heavy atom. The summed E-state index contributed by atoms with van der Waals surface area (Å²) in [6.45, 7) is 8.50. The molecule has 1 aliphatic heterocycles. The smallest absolute Gasteiger partial charge is 0.122 e. The molecule has 2 rings (SSSR count). The Hall–Kier alpha value is -0.630. The SMILES string of the molecule is CCNC(C#N)(CN1CCOCC1C)C1CC1. The summed E-state index contributed by atoms with van der Waals surface area (Å²) >= 11 is 0. The van der Waals surface area contributed by atoms with Crippen LogP contribution >= 0.6 is 0 Å². The van der Waals surface area contributed by atoms with Gasteiger partial charge in [-0.1, -0.05) is 6.92 Å². The van der Waals surface area contributed by atoms with Crippen LogP contribution in [0.3, 0.4) is 0 Å². The number of nitriles is 1. The Labute approximate surface area is 104 Å². The van der Waals surface area contributed by atoms with E-state index in [-0.39, 0.29) is 5.54 Å². The standard InChI is InChI=1S/C13H23N3O/c1-3-15-13(9-14,12-4-5-12)10-16-6-7-17-8-11(16)2/h11-12,15H,3-8,10H2,1-2H3. The number of morpholine rings is 1. The molecule has 2 aliphatic rings. The lowest BCUT2D eigenvalue weighted by molar-refractivity contribution is -0.0105. The average molecular weight is 237 g/mol. The van der Waals surface area contributed by atoms with E-state index in [4.69, 9.17) is 4.74 Å². The number of hydrogen-bond donors (Lipinski definition) is 1. The molecule has 0 amide bonds. The van der Waals surface area contributed by atoms with Gasteiger partial charge in [-0.3, -0.25) is 10.2 Å². The molecule has 0 aromatic heterocycles. The molecule has 2 unspecified atom stereocenters. The van der Waals surface area contributed by atoms with Crippen molar-refractivity contribution in [2.75, 3.05) is 32.8 Å². The second kappa shape index (κ2) is 5.34. The molecule has 1 aliphatic carbocycles. The zero-order chi connectivity index (χ0) is 12.3. The summed E-state index contributed by atoms with van der Waals surface area (Å²) in [4.78, 5) is 2.40. The maximum atomic E-state index is 9.56. The van der Waals surface area contributed by atoms with Crippen molar-refractivity contribution in [2.45, 2.75) is 38.3 Å². The first-order chi connectivity index (χ1) is 8.22. The van der Waals surface area contributed by atoms with Gasteiger partial charge < -0.3 is 4.74 Å². The highest BCUT2D eigenvalue weighted by atomic mass is 16.5. The summed E-state index contributed by atoms with van der Waals surface area (Å²) in [5, 5.41) is 13.0. The van der Waals surface area contributed by atoms with Crippen LogP contribution in [-0.2, 0) is 4.74 Å². The summed E-state index contributed by atoms with van der Waals surface area (Å²) < 4.78 is 5.45. The highest BCUT2D eigenvalue weighted by molar-refractivity contribution is 5.17. The second-order valence-corrected chi connectivity index (χ2v) is 5.28. The monoisotopic (exact) mass is 237 g/mol. The van der Waals surface area contributed by atoms with Crippen LogP contribution in [0.15, 0.2) is 0 Å². The fraction of sp³-hybridized carbons (Fsp3) is 0.923. The summed E-state index contributed by atoms with van der Waals surface area (Å²) in [6.07, 6.45) is 2.39. The lowest BCUT2D eigenvalue weighted by atomic mass is 9.93. The van der Waals surface area contributed by atoms with Gasteiger partial charge in [0.2, 0.25) is 0 Å². The molecule has 0 spiro atoms. The van der Waals surface area contributed by atoms with Gasteiger partial charge in [-0.15, -0.1) is 0 Å². The maximum absolute atomic E-state index is 9.56. The molecule has 4 heteroatoms. The van der Waals surface area contributed by atoms with Crippen molar-refractivity contribution in [3.05, 3.63) is 0 Å². The highest BCUT2D eigenvalue weighted by Crippen LogP contribution is 2.40. The number of likely N-dealkylation sites (N-methyl/N-ethyl adjacent to an activating group) is 1. The lowest BCUT2D eigenvalue weighted by Gasteiger charge is -2.39. The van der Waals surface area contributed by atoms with E-state index in [9.17, 15) is 5.26 Å². The Bertz CT molecular complexity index is 298. The van der Waals surface area contributed by atoms with Crippen LogP contribution in [0.2, 0.25) is 0 Å². The van der Waals surface area contributed by atoms with Crippen LogP contribution in [0.5, 0.6) is 0 Å². The fourth-order valence-electron chi connectivity index (χ4n) is 2.70. The molecule has 96 valence electrons. The molecule has 2 fully saturated rings. The number of nitrogens with one attached hydrogen (secondary N) is 1. The minimum Gasteiger partial charge on any atom is -0.379 e. The molecule has 4 nitrogen and oxygen atoms in total. The van der Waals surface area contributed by atoms with Crippen molar-refractivity contribution in [1.29, 1.82) is 5.26 Å². The van der Waals surface area contributed by atoms with Crippen molar-refractivity contribution < 1.29 is 4.74 Å². The van der Waals surface area contributed by atoms with Gasteiger partial charge in [0.1, 0.15) is 5.54 Å². The molecule has 0 radical (unpaired) electrons. The van der Waals surface area contributed by atoms with Crippen molar-refractivity contribution in [3.8, 4) is 6.07 Å². The quantitative estimate of drug-likeness (QED) is 0.774. The number of nitrogens with zero attached hydrogens (tertiary/aromatic N) is 2.